The van der Waals surface area contributed by atoms with Gasteiger partial charge in [0.2, 0.25) is 5.91 Å². The van der Waals surface area contributed by atoms with Gasteiger partial charge in [-0.3, -0.25) is 4.79 Å². The molecule has 1 amide bonds. The number of hydrogen-bond acceptors (Lipinski definition) is 4. The van der Waals surface area contributed by atoms with Crippen LogP contribution < -0.4 is 11.1 Å². The van der Waals surface area contributed by atoms with Crippen molar-refractivity contribution in [3.8, 4) is 6.07 Å². The van der Waals surface area contributed by atoms with Crippen LogP contribution in [0.4, 0.5) is 11.4 Å². The Hall–Kier alpha value is -2.06. The van der Waals surface area contributed by atoms with E-state index in [0.29, 0.717) is 18.5 Å². The molecule has 5 heteroatoms. The molecule has 0 saturated carbocycles. The molecule has 0 aliphatic rings. The van der Waals surface area contributed by atoms with Gasteiger partial charge in [0.05, 0.1) is 6.07 Å². The molecule has 0 atom stereocenters. The highest BCUT2D eigenvalue weighted by Gasteiger charge is 2.04. The zero-order valence-electron chi connectivity index (χ0n) is 11.2. The number of nitriles is 1. The van der Waals surface area contributed by atoms with Crippen LogP contribution in [-0.4, -0.2) is 30.9 Å². The molecule has 0 radical (unpaired) electrons. The van der Waals surface area contributed by atoms with Crippen LogP contribution in [0.5, 0.6) is 0 Å². The van der Waals surface area contributed by atoms with E-state index in [2.05, 4.69) is 16.3 Å². The van der Waals surface area contributed by atoms with Gasteiger partial charge in [0.25, 0.3) is 0 Å². The van der Waals surface area contributed by atoms with E-state index in [1.165, 1.54) is 0 Å². The first kappa shape index (κ1) is 15.0. The third kappa shape index (κ3) is 6.43. The molecule has 0 spiro atoms. The second-order valence-electron chi connectivity index (χ2n) is 4.49. The average Bonchev–Trinajstić information content (AvgIpc) is 2.39. The fourth-order valence-corrected chi connectivity index (χ4v) is 1.65. The Labute approximate surface area is 114 Å². The third-order valence-electron chi connectivity index (χ3n) is 2.74. The minimum Gasteiger partial charge on any atom is -0.399 e. The van der Waals surface area contributed by atoms with Crippen molar-refractivity contribution in [2.45, 2.75) is 19.3 Å². The van der Waals surface area contributed by atoms with Crippen LogP contribution in [0.3, 0.4) is 0 Å². The summed E-state index contributed by atoms with van der Waals surface area (Å²) in [6.07, 6.45) is 1.78. The number of benzene rings is 1. The number of nitrogen functional groups attached to an aromatic ring is 1. The first-order chi connectivity index (χ1) is 9.11. The molecular weight excluding hydrogens is 240 g/mol. The fourth-order valence-electron chi connectivity index (χ4n) is 1.65. The summed E-state index contributed by atoms with van der Waals surface area (Å²) >= 11 is 0. The molecule has 3 N–H and O–H groups in total. The van der Waals surface area contributed by atoms with E-state index >= 15 is 0 Å². The van der Waals surface area contributed by atoms with Crippen LogP contribution in [0.2, 0.25) is 0 Å². The van der Waals surface area contributed by atoms with Gasteiger partial charge in [0, 0.05) is 30.8 Å². The molecule has 0 fully saturated rings. The van der Waals surface area contributed by atoms with Crippen molar-refractivity contribution in [1.29, 1.82) is 5.26 Å². The number of nitrogens with two attached hydrogens (primary N) is 1. The lowest BCUT2D eigenvalue weighted by atomic mass is 10.2. The van der Waals surface area contributed by atoms with Crippen molar-refractivity contribution in [3.05, 3.63) is 24.3 Å². The molecule has 0 aliphatic carbocycles. The smallest absolute Gasteiger partial charge is 0.224 e. The normalized spacial score (nSPS) is 10.2. The highest BCUT2D eigenvalue weighted by atomic mass is 16.1. The largest absolute Gasteiger partial charge is 0.399 e. The van der Waals surface area contributed by atoms with Crippen molar-refractivity contribution >= 4 is 17.3 Å². The van der Waals surface area contributed by atoms with Crippen LogP contribution in [0, 0.1) is 11.3 Å². The van der Waals surface area contributed by atoms with Gasteiger partial charge in [-0.1, -0.05) is 0 Å². The lowest BCUT2D eigenvalue weighted by Gasteiger charge is -2.14. The summed E-state index contributed by atoms with van der Waals surface area (Å²) in [6.45, 7) is 1.56. The SMILES string of the molecule is CN(CCC#N)CCCC(=O)Nc1ccc(N)cc1. The monoisotopic (exact) mass is 260 g/mol. The van der Waals surface area contributed by atoms with Crippen molar-refractivity contribution in [3.63, 3.8) is 0 Å². The summed E-state index contributed by atoms with van der Waals surface area (Å²) in [5, 5.41) is 11.3. The summed E-state index contributed by atoms with van der Waals surface area (Å²) < 4.78 is 0. The van der Waals surface area contributed by atoms with Gasteiger partial charge in [0.15, 0.2) is 0 Å². The van der Waals surface area contributed by atoms with Crippen molar-refractivity contribution in [2.24, 2.45) is 0 Å². The van der Waals surface area contributed by atoms with Crippen LogP contribution in [-0.2, 0) is 4.79 Å². The van der Waals surface area contributed by atoms with E-state index < -0.39 is 0 Å². The van der Waals surface area contributed by atoms with E-state index in [0.717, 1.165) is 25.2 Å². The maximum Gasteiger partial charge on any atom is 0.224 e. The summed E-state index contributed by atoms with van der Waals surface area (Å²) in [5.41, 5.74) is 7.01. The molecule has 1 aromatic carbocycles. The van der Waals surface area contributed by atoms with E-state index in [4.69, 9.17) is 11.0 Å². The standard InChI is InChI=1S/C14H20N4O/c1-18(11-3-9-15)10-2-4-14(19)17-13-7-5-12(16)6-8-13/h5-8H,2-4,10-11,16H2,1H3,(H,17,19). The Morgan fingerprint density at radius 1 is 1.37 bits per heavy atom. The van der Waals surface area contributed by atoms with E-state index in [1.807, 2.05) is 7.05 Å². The molecule has 0 heterocycles. The lowest BCUT2D eigenvalue weighted by Crippen LogP contribution is -2.22. The summed E-state index contributed by atoms with van der Waals surface area (Å²) in [5.74, 6) is -0.00143. The highest BCUT2D eigenvalue weighted by molar-refractivity contribution is 5.90. The zero-order chi connectivity index (χ0) is 14.1. The minimum absolute atomic E-state index is 0.00143. The molecule has 0 aliphatic heterocycles. The summed E-state index contributed by atoms with van der Waals surface area (Å²) in [7, 11) is 1.95. The Kier molecular flexibility index (Phi) is 6.41. The lowest BCUT2D eigenvalue weighted by molar-refractivity contribution is -0.116. The van der Waals surface area contributed by atoms with Crippen LogP contribution in [0.15, 0.2) is 24.3 Å². The molecule has 1 aromatic rings. The number of hydrogen-bond donors (Lipinski definition) is 2. The van der Waals surface area contributed by atoms with Gasteiger partial charge in [-0.25, -0.2) is 0 Å². The topological polar surface area (TPSA) is 82.2 Å². The van der Waals surface area contributed by atoms with Crippen molar-refractivity contribution in [2.75, 3.05) is 31.2 Å². The van der Waals surface area contributed by atoms with Crippen LogP contribution in [0.1, 0.15) is 19.3 Å². The van der Waals surface area contributed by atoms with Crippen LogP contribution in [0.25, 0.3) is 0 Å². The van der Waals surface area contributed by atoms with Gasteiger partial charge in [0.1, 0.15) is 0 Å². The maximum atomic E-state index is 11.7. The van der Waals surface area contributed by atoms with Crippen molar-refractivity contribution in [1.82, 2.24) is 4.90 Å². The molecular formula is C14H20N4O. The Bertz CT molecular complexity index is 436. The number of amides is 1. The fraction of sp³-hybridized carbons (Fsp3) is 0.429. The predicted molar refractivity (Wildman–Crippen MR) is 76.4 cm³/mol. The summed E-state index contributed by atoms with van der Waals surface area (Å²) in [6, 6.07) is 9.18. The number of nitrogens with zero attached hydrogens (tertiary/aromatic N) is 2. The first-order valence-corrected chi connectivity index (χ1v) is 6.32. The number of rotatable bonds is 7. The highest BCUT2D eigenvalue weighted by Crippen LogP contribution is 2.11. The molecule has 0 unspecified atom stereocenters. The molecule has 0 saturated heterocycles. The van der Waals surface area contributed by atoms with Gasteiger partial charge in [-0.05, 0) is 44.3 Å². The summed E-state index contributed by atoms with van der Waals surface area (Å²) in [4.78, 5) is 13.7. The average molecular weight is 260 g/mol. The van der Waals surface area contributed by atoms with Gasteiger partial charge in [-0.2, -0.15) is 5.26 Å². The van der Waals surface area contributed by atoms with Gasteiger partial charge >= 0.3 is 0 Å². The van der Waals surface area contributed by atoms with Crippen LogP contribution >= 0.6 is 0 Å². The molecule has 102 valence electrons. The first-order valence-electron chi connectivity index (χ1n) is 6.32. The Morgan fingerprint density at radius 2 is 2.05 bits per heavy atom. The minimum atomic E-state index is -0.00143. The van der Waals surface area contributed by atoms with Gasteiger partial charge in [-0.15, -0.1) is 0 Å². The maximum absolute atomic E-state index is 11.7. The van der Waals surface area contributed by atoms with Crippen molar-refractivity contribution < 1.29 is 4.79 Å². The van der Waals surface area contributed by atoms with Gasteiger partial charge < -0.3 is 16.0 Å². The number of carbonyl (C=O) groups is 1. The molecule has 1 rings (SSSR count). The molecule has 5 nitrogen and oxygen atoms in total. The second-order valence-corrected chi connectivity index (χ2v) is 4.49. The molecule has 19 heavy (non-hydrogen) atoms. The molecule has 0 bridgehead atoms. The third-order valence-corrected chi connectivity index (χ3v) is 2.74. The number of nitrogens with one attached hydrogen (secondary N) is 1. The zero-order valence-corrected chi connectivity index (χ0v) is 11.2. The Morgan fingerprint density at radius 3 is 2.68 bits per heavy atom. The second kappa shape index (κ2) is 8.11. The molecule has 0 aromatic heterocycles. The number of anilines is 2. The quantitative estimate of drug-likeness (QED) is 0.733. The van der Waals surface area contributed by atoms with E-state index in [-0.39, 0.29) is 5.91 Å². The number of carbonyl (C=O) groups excluding carboxylic acids is 1. The van der Waals surface area contributed by atoms with E-state index in [1.54, 1.807) is 24.3 Å². The predicted octanol–water partition coefficient (Wildman–Crippen LogP) is 1.83. The Balaban J connectivity index is 2.21. The van der Waals surface area contributed by atoms with E-state index in [9.17, 15) is 4.79 Å².